The summed E-state index contributed by atoms with van der Waals surface area (Å²) in [7, 11) is 0. The zero-order chi connectivity index (χ0) is 14.7. The van der Waals surface area contributed by atoms with E-state index < -0.39 is 4.92 Å². The van der Waals surface area contributed by atoms with Gasteiger partial charge in [-0.05, 0) is 29.7 Å². The fourth-order valence-electron chi connectivity index (χ4n) is 1.87. The van der Waals surface area contributed by atoms with Gasteiger partial charge in [-0.15, -0.1) is 0 Å². The third-order valence-electron chi connectivity index (χ3n) is 2.97. The summed E-state index contributed by atoms with van der Waals surface area (Å²) in [6.07, 6.45) is 0.565. The first kappa shape index (κ1) is 14.8. The third-order valence-corrected chi connectivity index (χ3v) is 3.71. The molecule has 0 fully saturated rings. The van der Waals surface area contributed by atoms with Crippen LogP contribution in [0.25, 0.3) is 0 Å². The fraction of sp³-hybridized carbons (Fsp3) is 0.143. The van der Waals surface area contributed by atoms with E-state index in [9.17, 15) is 10.1 Å². The molecule has 4 nitrogen and oxygen atoms in total. The molecule has 1 atom stereocenters. The number of nitrogens with zero attached hydrogens (tertiary/aromatic N) is 1. The van der Waals surface area contributed by atoms with Crippen LogP contribution in [0, 0.1) is 10.1 Å². The van der Waals surface area contributed by atoms with Crippen molar-refractivity contribution in [1.29, 1.82) is 0 Å². The van der Waals surface area contributed by atoms with Crippen LogP contribution in [0.15, 0.2) is 42.5 Å². The highest BCUT2D eigenvalue weighted by atomic mass is 35.5. The maximum atomic E-state index is 10.6. The van der Waals surface area contributed by atoms with Crippen molar-refractivity contribution < 1.29 is 4.92 Å². The van der Waals surface area contributed by atoms with Crippen molar-refractivity contribution in [2.75, 3.05) is 0 Å². The summed E-state index contributed by atoms with van der Waals surface area (Å²) in [5, 5.41) is 11.5. The first-order valence-electron chi connectivity index (χ1n) is 5.91. The number of nitro benzene ring substituents is 1. The summed E-state index contributed by atoms with van der Waals surface area (Å²) in [5.41, 5.74) is 7.97. The average Bonchev–Trinajstić information content (AvgIpc) is 2.42. The number of hydrogen-bond donors (Lipinski definition) is 1. The second kappa shape index (κ2) is 6.22. The van der Waals surface area contributed by atoms with E-state index in [0.29, 0.717) is 16.5 Å². The number of rotatable bonds is 4. The van der Waals surface area contributed by atoms with Crippen LogP contribution in [-0.2, 0) is 6.42 Å². The number of non-ortho nitro benzene ring substituents is 1. The monoisotopic (exact) mass is 310 g/mol. The van der Waals surface area contributed by atoms with E-state index in [4.69, 9.17) is 28.9 Å². The van der Waals surface area contributed by atoms with Gasteiger partial charge < -0.3 is 5.73 Å². The van der Waals surface area contributed by atoms with E-state index in [1.54, 1.807) is 24.3 Å². The Morgan fingerprint density at radius 2 is 1.75 bits per heavy atom. The van der Waals surface area contributed by atoms with Gasteiger partial charge in [0.25, 0.3) is 5.69 Å². The summed E-state index contributed by atoms with van der Waals surface area (Å²) in [4.78, 5) is 10.2. The van der Waals surface area contributed by atoms with Crippen molar-refractivity contribution in [3.05, 3.63) is 73.8 Å². The predicted octanol–water partition coefficient (Wildman–Crippen LogP) is 4.14. The normalized spacial score (nSPS) is 12.2. The van der Waals surface area contributed by atoms with Crippen LogP contribution < -0.4 is 5.73 Å². The molecule has 0 bridgehead atoms. The molecule has 2 aromatic rings. The van der Waals surface area contributed by atoms with Crippen LogP contribution in [0.3, 0.4) is 0 Å². The molecular formula is C14H12Cl2N2O2. The van der Waals surface area contributed by atoms with E-state index >= 15 is 0 Å². The molecular weight excluding hydrogens is 299 g/mol. The number of nitro groups is 1. The number of benzene rings is 2. The molecule has 0 aliphatic rings. The lowest BCUT2D eigenvalue weighted by Crippen LogP contribution is -2.13. The van der Waals surface area contributed by atoms with Crippen molar-refractivity contribution in [2.24, 2.45) is 5.73 Å². The molecule has 1 unspecified atom stereocenters. The Kier molecular flexibility index (Phi) is 4.60. The average molecular weight is 311 g/mol. The van der Waals surface area contributed by atoms with E-state index in [1.807, 2.05) is 6.07 Å². The largest absolute Gasteiger partial charge is 0.324 e. The lowest BCUT2D eigenvalue weighted by Gasteiger charge is -2.13. The molecule has 0 radical (unpaired) electrons. The molecule has 0 aliphatic heterocycles. The first-order valence-corrected chi connectivity index (χ1v) is 6.67. The SMILES string of the molecule is NC(Cc1ccc([N+](=O)[O-])cc1)c1ccc(Cl)c(Cl)c1. The maximum Gasteiger partial charge on any atom is 0.269 e. The van der Waals surface area contributed by atoms with E-state index in [2.05, 4.69) is 0 Å². The second-order valence-corrected chi connectivity index (χ2v) is 5.22. The Morgan fingerprint density at radius 3 is 2.30 bits per heavy atom. The van der Waals surface area contributed by atoms with Gasteiger partial charge in [-0.25, -0.2) is 0 Å². The molecule has 0 saturated heterocycles. The maximum absolute atomic E-state index is 10.6. The summed E-state index contributed by atoms with van der Waals surface area (Å²) in [6.45, 7) is 0. The molecule has 0 aromatic heterocycles. The highest BCUT2D eigenvalue weighted by molar-refractivity contribution is 6.42. The van der Waals surface area contributed by atoms with E-state index in [0.717, 1.165) is 11.1 Å². The van der Waals surface area contributed by atoms with Crippen LogP contribution >= 0.6 is 23.2 Å². The lowest BCUT2D eigenvalue weighted by atomic mass is 9.99. The molecule has 20 heavy (non-hydrogen) atoms. The molecule has 2 N–H and O–H groups in total. The topological polar surface area (TPSA) is 69.2 Å². The van der Waals surface area contributed by atoms with Gasteiger partial charge in [-0.1, -0.05) is 41.4 Å². The first-order chi connectivity index (χ1) is 9.47. The van der Waals surface area contributed by atoms with Crippen LogP contribution in [0.4, 0.5) is 5.69 Å². The molecule has 0 spiro atoms. The van der Waals surface area contributed by atoms with Gasteiger partial charge in [0.05, 0.1) is 15.0 Å². The molecule has 0 saturated carbocycles. The molecule has 2 aromatic carbocycles. The smallest absolute Gasteiger partial charge is 0.269 e. The minimum absolute atomic E-state index is 0.0665. The van der Waals surface area contributed by atoms with Gasteiger partial charge in [0.1, 0.15) is 0 Å². The summed E-state index contributed by atoms with van der Waals surface area (Å²) >= 11 is 11.8. The van der Waals surface area contributed by atoms with Gasteiger partial charge in [0.2, 0.25) is 0 Å². The Hall–Kier alpha value is -1.62. The van der Waals surface area contributed by atoms with Gasteiger partial charge in [0.15, 0.2) is 0 Å². The van der Waals surface area contributed by atoms with Crippen LogP contribution in [0.1, 0.15) is 17.2 Å². The van der Waals surface area contributed by atoms with Crippen LogP contribution in [-0.4, -0.2) is 4.92 Å². The van der Waals surface area contributed by atoms with Crippen LogP contribution in [0.5, 0.6) is 0 Å². The summed E-state index contributed by atoms with van der Waals surface area (Å²) < 4.78 is 0. The number of nitrogens with two attached hydrogens (primary N) is 1. The Bertz CT molecular complexity index is 630. The number of halogens is 2. The molecule has 0 heterocycles. The molecule has 6 heteroatoms. The predicted molar refractivity (Wildman–Crippen MR) is 80.2 cm³/mol. The lowest BCUT2D eigenvalue weighted by molar-refractivity contribution is -0.384. The molecule has 0 amide bonds. The minimum Gasteiger partial charge on any atom is -0.324 e. The summed E-state index contributed by atoms with van der Waals surface area (Å²) in [6, 6.07) is 11.4. The second-order valence-electron chi connectivity index (χ2n) is 4.41. The fourth-order valence-corrected chi connectivity index (χ4v) is 2.18. The highest BCUT2D eigenvalue weighted by Crippen LogP contribution is 2.26. The third kappa shape index (κ3) is 3.48. The quantitative estimate of drug-likeness (QED) is 0.681. The van der Waals surface area contributed by atoms with Crippen molar-refractivity contribution in [3.63, 3.8) is 0 Å². The van der Waals surface area contributed by atoms with Crippen molar-refractivity contribution in [3.8, 4) is 0 Å². The standard InChI is InChI=1S/C14H12Cl2N2O2/c15-12-6-3-10(8-13(12)16)14(17)7-9-1-4-11(5-2-9)18(19)20/h1-6,8,14H,7,17H2. The van der Waals surface area contributed by atoms with Gasteiger partial charge in [0, 0.05) is 18.2 Å². The molecule has 104 valence electrons. The van der Waals surface area contributed by atoms with Gasteiger partial charge in [-0.3, -0.25) is 10.1 Å². The summed E-state index contributed by atoms with van der Waals surface area (Å²) in [5.74, 6) is 0. The van der Waals surface area contributed by atoms with Crippen LogP contribution in [0.2, 0.25) is 10.0 Å². The Balaban J connectivity index is 2.12. The van der Waals surface area contributed by atoms with Crippen molar-refractivity contribution in [2.45, 2.75) is 12.5 Å². The Labute approximate surface area is 126 Å². The van der Waals surface area contributed by atoms with E-state index in [-0.39, 0.29) is 11.7 Å². The number of hydrogen-bond acceptors (Lipinski definition) is 3. The molecule has 0 aliphatic carbocycles. The zero-order valence-electron chi connectivity index (χ0n) is 10.4. The minimum atomic E-state index is -0.428. The van der Waals surface area contributed by atoms with Gasteiger partial charge in [-0.2, -0.15) is 0 Å². The van der Waals surface area contributed by atoms with Crippen molar-refractivity contribution in [1.82, 2.24) is 0 Å². The Morgan fingerprint density at radius 1 is 1.10 bits per heavy atom. The zero-order valence-corrected chi connectivity index (χ0v) is 11.9. The van der Waals surface area contributed by atoms with Gasteiger partial charge >= 0.3 is 0 Å². The van der Waals surface area contributed by atoms with Crippen molar-refractivity contribution >= 4 is 28.9 Å². The highest BCUT2D eigenvalue weighted by Gasteiger charge is 2.10. The van der Waals surface area contributed by atoms with E-state index in [1.165, 1.54) is 12.1 Å². The molecule has 2 rings (SSSR count).